The quantitative estimate of drug-likeness (QED) is 0.660. The van der Waals surface area contributed by atoms with Gasteiger partial charge >= 0.3 is 0 Å². The molecule has 0 bridgehead atoms. The van der Waals surface area contributed by atoms with Crippen molar-refractivity contribution < 1.29 is 4.79 Å². The molecule has 0 aliphatic carbocycles. The number of benzene rings is 2. The van der Waals surface area contributed by atoms with Gasteiger partial charge in [-0.25, -0.2) is 9.97 Å². The van der Waals surface area contributed by atoms with E-state index in [0.29, 0.717) is 17.2 Å². The smallest absolute Gasteiger partial charge is 0.257 e. The van der Waals surface area contributed by atoms with Crippen LogP contribution in [0.2, 0.25) is 0 Å². The van der Waals surface area contributed by atoms with E-state index in [-0.39, 0.29) is 18.0 Å². The van der Waals surface area contributed by atoms with Crippen molar-refractivity contribution in [1.29, 1.82) is 0 Å². The third-order valence-electron chi connectivity index (χ3n) is 5.05. The number of carbonyl (C=O) groups is 1. The molecule has 1 aromatic heterocycles. The van der Waals surface area contributed by atoms with Gasteiger partial charge in [0.05, 0.1) is 6.04 Å². The SMILES string of the molecule is Cc1cccc(-c2ncc(C(=O)NC(C)c3ccccc3)c(N(C)C(C)C)n2)c1. The Bertz CT molecular complexity index is 985. The van der Waals surface area contributed by atoms with Crippen LogP contribution in [0.4, 0.5) is 5.82 Å². The Morgan fingerprint density at radius 2 is 1.76 bits per heavy atom. The third kappa shape index (κ3) is 4.80. The Morgan fingerprint density at radius 3 is 2.41 bits per heavy atom. The van der Waals surface area contributed by atoms with Crippen molar-refractivity contribution in [3.8, 4) is 11.4 Å². The monoisotopic (exact) mass is 388 g/mol. The van der Waals surface area contributed by atoms with E-state index >= 15 is 0 Å². The molecule has 2 aromatic carbocycles. The van der Waals surface area contributed by atoms with Crippen LogP contribution in [0.3, 0.4) is 0 Å². The molecule has 150 valence electrons. The molecule has 5 nitrogen and oxygen atoms in total. The predicted octanol–water partition coefficient (Wildman–Crippen LogP) is 4.79. The Hall–Kier alpha value is -3.21. The molecule has 1 amide bonds. The van der Waals surface area contributed by atoms with Gasteiger partial charge in [0.2, 0.25) is 0 Å². The number of anilines is 1. The Morgan fingerprint density at radius 1 is 1.03 bits per heavy atom. The van der Waals surface area contributed by atoms with E-state index in [1.54, 1.807) is 6.20 Å². The van der Waals surface area contributed by atoms with Crippen LogP contribution in [-0.4, -0.2) is 29.0 Å². The molecule has 1 heterocycles. The van der Waals surface area contributed by atoms with Gasteiger partial charge in [-0.15, -0.1) is 0 Å². The molecule has 0 saturated heterocycles. The third-order valence-corrected chi connectivity index (χ3v) is 5.05. The minimum absolute atomic E-state index is 0.114. The van der Waals surface area contributed by atoms with Crippen LogP contribution in [0.5, 0.6) is 0 Å². The number of aryl methyl sites for hydroxylation is 1. The molecule has 0 saturated carbocycles. The van der Waals surface area contributed by atoms with Gasteiger partial charge in [0.1, 0.15) is 11.4 Å². The average Bonchev–Trinajstić information content (AvgIpc) is 2.73. The van der Waals surface area contributed by atoms with E-state index in [1.807, 2.05) is 80.4 Å². The largest absolute Gasteiger partial charge is 0.356 e. The Labute approximate surface area is 172 Å². The van der Waals surface area contributed by atoms with E-state index in [0.717, 1.165) is 16.7 Å². The van der Waals surface area contributed by atoms with Crippen LogP contribution >= 0.6 is 0 Å². The van der Waals surface area contributed by atoms with Crippen molar-refractivity contribution in [3.63, 3.8) is 0 Å². The number of carbonyl (C=O) groups excluding carboxylic acids is 1. The van der Waals surface area contributed by atoms with Crippen LogP contribution < -0.4 is 10.2 Å². The van der Waals surface area contributed by atoms with Crippen molar-refractivity contribution in [1.82, 2.24) is 15.3 Å². The summed E-state index contributed by atoms with van der Waals surface area (Å²) in [7, 11) is 1.95. The summed E-state index contributed by atoms with van der Waals surface area (Å²) in [5, 5.41) is 3.07. The summed E-state index contributed by atoms with van der Waals surface area (Å²) < 4.78 is 0. The normalized spacial score (nSPS) is 11.9. The summed E-state index contributed by atoms with van der Waals surface area (Å²) in [5.41, 5.74) is 3.61. The maximum absolute atomic E-state index is 13.1. The molecule has 0 aliphatic rings. The molecule has 29 heavy (non-hydrogen) atoms. The maximum Gasteiger partial charge on any atom is 0.257 e. The number of amides is 1. The first-order chi connectivity index (χ1) is 13.9. The lowest BCUT2D eigenvalue weighted by Gasteiger charge is -2.25. The van der Waals surface area contributed by atoms with Crippen LogP contribution in [0.15, 0.2) is 60.8 Å². The van der Waals surface area contributed by atoms with E-state index in [4.69, 9.17) is 4.98 Å². The predicted molar refractivity (Wildman–Crippen MR) is 118 cm³/mol. The zero-order valence-electron chi connectivity index (χ0n) is 17.7. The molecule has 1 atom stereocenters. The maximum atomic E-state index is 13.1. The molecule has 0 aliphatic heterocycles. The Kier molecular flexibility index (Phi) is 6.27. The second-order valence-electron chi connectivity index (χ2n) is 7.61. The summed E-state index contributed by atoms with van der Waals surface area (Å²) in [4.78, 5) is 24.3. The number of nitrogens with one attached hydrogen (secondary N) is 1. The molecular formula is C24H28N4O. The van der Waals surface area contributed by atoms with Gasteiger partial charge in [-0.3, -0.25) is 4.79 Å². The molecule has 1 unspecified atom stereocenters. The topological polar surface area (TPSA) is 58.1 Å². The van der Waals surface area contributed by atoms with E-state index in [9.17, 15) is 4.79 Å². The second kappa shape index (κ2) is 8.86. The van der Waals surface area contributed by atoms with Crippen LogP contribution in [0, 0.1) is 6.92 Å². The minimum atomic E-state index is -0.181. The highest BCUT2D eigenvalue weighted by Gasteiger charge is 2.21. The van der Waals surface area contributed by atoms with Crippen LogP contribution in [0.1, 0.15) is 48.3 Å². The van der Waals surface area contributed by atoms with Crippen molar-refractivity contribution >= 4 is 11.7 Å². The minimum Gasteiger partial charge on any atom is -0.356 e. The first-order valence-corrected chi connectivity index (χ1v) is 9.89. The highest BCUT2D eigenvalue weighted by atomic mass is 16.1. The van der Waals surface area contributed by atoms with Crippen molar-refractivity contribution in [2.24, 2.45) is 0 Å². The lowest BCUT2D eigenvalue weighted by atomic mass is 10.1. The van der Waals surface area contributed by atoms with Gasteiger partial charge in [0.15, 0.2) is 5.82 Å². The highest BCUT2D eigenvalue weighted by Crippen LogP contribution is 2.24. The van der Waals surface area contributed by atoms with Crippen LogP contribution in [-0.2, 0) is 0 Å². The fraction of sp³-hybridized carbons (Fsp3) is 0.292. The summed E-state index contributed by atoms with van der Waals surface area (Å²) in [6, 6.07) is 18.0. The highest BCUT2D eigenvalue weighted by molar-refractivity contribution is 5.99. The first-order valence-electron chi connectivity index (χ1n) is 9.89. The van der Waals surface area contributed by atoms with Gasteiger partial charge < -0.3 is 10.2 Å². The fourth-order valence-corrected chi connectivity index (χ4v) is 3.07. The zero-order valence-corrected chi connectivity index (χ0v) is 17.7. The lowest BCUT2D eigenvalue weighted by molar-refractivity contribution is 0.0939. The van der Waals surface area contributed by atoms with E-state index in [2.05, 4.69) is 24.1 Å². The number of hydrogen-bond acceptors (Lipinski definition) is 4. The van der Waals surface area contributed by atoms with Crippen molar-refractivity contribution in [3.05, 3.63) is 77.5 Å². The van der Waals surface area contributed by atoms with Crippen LogP contribution in [0.25, 0.3) is 11.4 Å². The summed E-state index contributed by atoms with van der Waals surface area (Å²) >= 11 is 0. The summed E-state index contributed by atoms with van der Waals surface area (Å²) in [6.07, 6.45) is 1.63. The average molecular weight is 389 g/mol. The molecule has 0 spiro atoms. The number of nitrogens with zero attached hydrogens (tertiary/aromatic N) is 3. The van der Waals surface area contributed by atoms with Gasteiger partial charge in [-0.1, -0.05) is 54.1 Å². The van der Waals surface area contributed by atoms with Crippen molar-refractivity contribution in [2.75, 3.05) is 11.9 Å². The molecule has 5 heteroatoms. The summed E-state index contributed by atoms with van der Waals surface area (Å²) in [6.45, 7) is 8.16. The van der Waals surface area contributed by atoms with E-state index in [1.165, 1.54) is 0 Å². The molecular weight excluding hydrogens is 360 g/mol. The standard InChI is InChI=1S/C24H28N4O/c1-16(2)28(5)23-21(24(29)26-18(4)19-11-7-6-8-12-19)15-25-22(27-23)20-13-9-10-17(3)14-20/h6-16,18H,1-5H3,(H,26,29). The second-order valence-corrected chi connectivity index (χ2v) is 7.61. The fourth-order valence-electron chi connectivity index (χ4n) is 3.07. The molecule has 3 aromatic rings. The molecule has 0 radical (unpaired) electrons. The first kappa shape index (κ1) is 20.5. The van der Waals surface area contributed by atoms with Gasteiger partial charge in [0, 0.05) is 24.8 Å². The van der Waals surface area contributed by atoms with Gasteiger partial charge in [-0.2, -0.15) is 0 Å². The number of rotatable bonds is 6. The van der Waals surface area contributed by atoms with Gasteiger partial charge in [0.25, 0.3) is 5.91 Å². The van der Waals surface area contributed by atoms with E-state index < -0.39 is 0 Å². The summed E-state index contributed by atoms with van der Waals surface area (Å²) in [5.74, 6) is 1.06. The zero-order chi connectivity index (χ0) is 21.0. The van der Waals surface area contributed by atoms with Gasteiger partial charge in [-0.05, 0) is 39.3 Å². The van der Waals surface area contributed by atoms with Crippen molar-refractivity contribution in [2.45, 2.75) is 39.8 Å². The molecule has 1 N–H and O–H groups in total. The molecule has 3 rings (SSSR count). The Balaban J connectivity index is 1.95. The molecule has 0 fully saturated rings. The number of hydrogen-bond donors (Lipinski definition) is 1. The lowest BCUT2D eigenvalue weighted by Crippen LogP contribution is -2.32. The number of aromatic nitrogens is 2.